The van der Waals surface area contributed by atoms with Gasteiger partial charge in [-0.1, -0.05) is 18.2 Å². The van der Waals surface area contributed by atoms with Crippen LogP contribution >= 0.6 is 0 Å². The lowest BCUT2D eigenvalue weighted by Crippen LogP contribution is -3.00. The molecule has 3 aromatic rings. The highest BCUT2D eigenvalue weighted by Gasteiger charge is 2.14. The number of fused-ring (bicyclic) bond motifs is 1. The van der Waals surface area contributed by atoms with Crippen molar-refractivity contribution in [3.8, 4) is 0 Å². The molecule has 1 aromatic heterocycles. The summed E-state index contributed by atoms with van der Waals surface area (Å²) in [6.45, 7) is 0.120. The van der Waals surface area contributed by atoms with Gasteiger partial charge < -0.3 is 27.0 Å². The Morgan fingerprint density at radius 1 is 1.14 bits per heavy atom. The fourth-order valence-electron chi connectivity index (χ4n) is 2.92. The van der Waals surface area contributed by atoms with Crippen LogP contribution in [0.4, 0.5) is 5.69 Å². The molecule has 0 radical (unpaired) electrons. The average Bonchev–Trinajstić information content (AvgIpc) is 2.99. The van der Waals surface area contributed by atoms with Gasteiger partial charge in [-0.3, -0.25) is 20.7 Å². The van der Waals surface area contributed by atoms with Crippen LogP contribution in [0.25, 0.3) is 10.9 Å². The predicted molar refractivity (Wildman–Crippen MR) is 103 cm³/mol. The number of amides is 1. The van der Waals surface area contributed by atoms with Crippen molar-refractivity contribution in [3.63, 3.8) is 0 Å². The van der Waals surface area contributed by atoms with E-state index in [0.29, 0.717) is 11.3 Å². The molecule has 0 bridgehead atoms. The SMILES string of the molecule is COC(=O)Cc1cn(CC(=O)Nc2ccc(C(N)=[NH2+])cc2)c2ccccc12.[Cl-]. The number of nitrogens with zero attached hydrogens (tertiary/aromatic N) is 1. The smallest absolute Gasteiger partial charge is 0.310 e. The summed E-state index contributed by atoms with van der Waals surface area (Å²) in [5.74, 6) is -0.277. The van der Waals surface area contributed by atoms with Crippen LogP contribution in [0.2, 0.25) is 0 Å². The molecule has 5 N–H and O–H groups in total. The van der Waals surface area contributed by atoms with Crippen LogP contribution in [0, 0.1) is 0 Å². The molecule has 146 valence electrons. The van der Waals surface area contributed by atoms with E-state index in [1.807, 2.05) is 35.0 Å². The molecule has 0 saturated heterocycles. The van der Waals surface area contributed by atoms with Crippen molar-refractivity contribution in [2.75, 3.05) is 12.4 Å². The summed E-state index contributed by atoms with van der Waals surface area (Å²) in [7, 11) is 1.36. The maximum atomic E-state index is 12.5. The maximum absolute atomic E-state index is 12.5. The van der Waals surface area contributed by atoms with E-state index in [4.69, 9.17) is 15.9 Å². The van der Waals surface area contributed by atoms with Gasteiger partial charge in [0.05, 0.1) is 19.1 Å². The van der Waals surface area contributed by atoms with Gasteiger partial charge in [0.25, 0.3) is 5.84 Å². The van der Waals surface area contributed by atoms with Crippen LogP contribution in [0.5, 0.6) is 0 Å². The molecule has 1 amide bonds. The molecule has 0 fully saturated rings. The number of nitrogens with two attached hydrogens (primary N) is 2. The molecule has 0 aliphatic heterocycles. The van der Waals surface area contributed by atoms with Crippen LogP contribution in [0.3, 0.4) is 0 Å². The van der Waals surface area contributed by atoms with Crippen LogP contribution in [-0.4, -0.2) is 29.4 Å². The second-order valence-corrected chi connectivity index (χ2v) is 6.13. The van der Waals surface area contributed by atoms with Crippen molar-refractivity contribution < 1.29 is 32.1 Å². The molecule has 7 nitrogen and oxygen atoms in total. The molecule has 1 heterocycles. The number of methoxy groups -OCH3 is 1. The molecule has 0 saturated carbocycles. The minimum absolute atomic E-state index is 0. The Labute approximate surface area is 168 Å². The number of para-hydroxylation sites is 1. The summed E-state index contributed by atoms with van der Waals surface area (Å²) in [5.41, 5.74) is 8.60. The van der Waals surface area contributed by atoms with Crippen LogP contribution in [0.1, 0.15) is 11.1 Å². The molecule has 0 aliphatic carbocycles. The first kappa shape index (κ1) is 21.0. The number of anilines is 1. The monoisotopic (exact) mass is 400 g/mol. The van der Waals surface area contributed by atoms with Gasteiger partial charge in [0.1, 0.15) is 6.54 Å². The number of carbonyl (C=O) groups is 2. The Hall–Kier alpha value is -3.32. The van der Waals surface area contributed by atoms with E-state index in [-0.39, 0.29) is 43.1 Å². The Morgan fingerprint density at radius 2 is 1.82 bits per heavy atom. The van der Waals surface area contributed by atoms with Gasteiger partial charge in [0, 0.05) is 22.8 Å². The molecule has 0 unspecified atom stereocenters. The standard InChI is InChI=1S/C20H20N4O3.ClH/c1-27-19(26)10-14-11-24(17-5-3-2-4-16(14)17)12-18(25)23-15-8-6-13(7-9-15)20(21)22;/h2-9,11H,10,12H2,1H3,(H3,21,22)(H,23,25);1H. The highest BCUT2D eigenvalue weighted by molar-refractivity contribution is 5.95. The minimum atomic E-state index is -0.321. The maximum Gasteiger partial charge on any atom is 0.310 e. The van der Waals surface area contributed by atoms with Crippen molar-refractivity contribution in [1.82, 2.24) is 4.57 Å². The van der Waals surface area contributed by atoms with E-state index in [2.05, 4.69) is 5.32 Å². The third-order valence-electron chi connectivity index (χ3n) is 4.25. The Kier molecular flexibility index (Phi) is 6.79. The number of benzene rings is 2. The second kappa shape index (κ2) is 9.05. The Morgan fingerprint density at radius 3 is 2.46 bits per heavy atom. The van der Waals surface area contributed by atoms with Gasteiger partial charge in [-0.2, -0.15) is 0 Å². The summed E-state index contributed by atoms with van der Waals surface area (Å²) in [4.78, 5) is 24.1. The highest BCUT2D eigenvalue weighted by atomic mass is 35.5. The molecular formula is C20H21ClN4O3. The van der Waals surface area contributed by atoms with Crippen molar-refractivity contribution in [1.29, 1.82) is 0 Å². The summed E-state index contributed by atoms with van der Waals surface area (Å²) in [6, 6.07) is 14.6. The molecule has 0 atom stereocenters. The van der Waals surface area contributed by atoms with Gasteiger partial charge in [-0.05, 0) is 35.9 Å². The van der Waals surface area contributed by atoms with E-state index >= 15 is 0 Å². The number of nitrogens with one attached hydrogen (secondary N) is 1. The van der Waals surface area contributed by atoms with Crippen molar-refractivity contribution in [2.45, 2.75) is 13.0 Å². The minimum Gasteiger partial charge on any atom is -1.00 e. The van der Waals surface area contributed by atoms with Crippen LogP contribution < -0.4 is 28.9 Å². The molecule has 2 aromatic carbocycles. The Balaban J connectivity index is 0.00000280. The number of ether oxygens (including phenoxy) is 1. The Bertz CT molecular complexity index is 1010. The first-order valence-electron chi connectivity index (χ1n) is 8.39. The number of rotatable bonds is 6. The third kappa shape index (κ3) is 4.69. The normalized spacial score (nSPS) is 10.2. The summed E-state index contributed by atoms with van der Waals surface area (Å²) >= 11 is 0. The van der Waals surface area contributed by atoms with E-state index in [0.717, 1.165) is 16.5 Å². The molecule has 3 rings (SSSR count). The van der Waals surface area contributed by atoms with Crippen molar-refractivity contribution in [3.05, 3.63) is 65.9 Å². The van der Waals surface area contributed by atoms with Gasteiger partial charge in [0.15, 0.2) is 0 Å². The second-order valence-electron chi connectivity index (χ2n) is 6.13. The van der Waals surface area contributed by atoms with Crippen LogP contribution in [0.15, 0.2) is 54.7 Å². The zero-order chi connectivity index (χ0) is 19.4. The van der Waals surface area contributed by atoms with E-state index < -0.39 is 0 Å². The summed E-state index contributed by atoms with van der Waals surface area (Å²) < 4.78 is 6.57. The lowest BCUT2D eigenvalue weighted by molar-refractivity contribution is -0.139. The lowest BCUT2D eigenvalue weighted by Gasteiger charge is -2.07. The summed E-state index contributed by atoms with van der Waals surface area (Å²) in [5, 5.41) is 9.30. The molecule has 8 heteroatoms. The zero-order valence-corrected chi connectivity index (χ0v) is 16.1. The largest absolute Gasteiger partial charge is 1.00 e. The zero-order valence-electron chi connectivity index (χ0n) is 15.3. The average molecular weight is 401 g/mol. The van der Waals surface area contributed by atoms with Crippen molar-refractivity contribution >= 4 is 34.3 Å². The molecule has 28 heavy (non-hydrogen) atoms. The quantitative estimate of drug-likeness (QED) is 0.240. The topological polar surface area (TPSA) is 112 Å². The van der Waals surface area contributed by atoms with Gasteiger partial charge in [-0.25, -0.2) is 0 Å². The fourth-order valence-corrected chi connectivity index (χ4v) is 2.92. The summed E-state index contributed by atoms with van der Waals surface area (Å²) in [6.07, 6.45) is 1.97. The molecule has 0 spiro atoms. The van der Waals surface area contributed by atoms with Crippen LogP contribution in [-0.2, 0) is 27.3 Å². The first-order valence-corrected chi connectivity index (χ1v) is 8.39. The molecule has 0 aliphatic rings. The fraction of sp³-hybridized carbons (Fsp3) is 0.150. The number of hydrogen-bond donors (Lipinski definition) is 3. The third-order valence-corrected chi connectivity index (χ3v) is 4.25. The number of carbonyl (C=O) groups excluding carboxylic acids is 2. The number of halogens is 1. The van der Waals surface area contributed by atoms with Crippen molar-refractivity contribution in [2.24, 2.45) is 5.73 Å². The highest BCUT2D eigenvalue weighted by Crippen LogP contribution is 2.22. The number of aromatic nitrogens is 1. The van der Waals surface area contributed by atoms with Gasteiger partial charge >= 0.3 is 5.97 Å². The number of hydrogen-bond acceptors (Lipinski definition) is 3. The van der Waals surface area contributed by atoms with E-state index in [1.54, 1.807) is 24.3 Å². The van der Waals surface area contributed by atoms with E-state index in [1.165, 1.54) is 7.11 Å². The van der Waals surface area contributed by atoms with Gasteiger partial charge in [-0.15, -0.1) is 0 Å². The number of amidine groups is 1. The first-order chi connectivity index (χ1) is 13.0. The molecular weight excluding hydrogens is 380 g/mol. The predicted octanol–water partition coefficient (Wildman–Crippen LogP) is -2.54. The van der Waals surface area contributed by atoms with Gasteiger partial charge in [0.2, 0.25) is 5.91 Å². The lowest BCUT2D eigenvalue weighted by atomic mass is 10.1. The number of esters is 1. The van der Waals surface area contributed by atoms with E-state index in [9.17, 15) is 9.59 Å².